The Morgan fingerprint density at radius 1 is 1.26 bits per heavy atom. The molecule has 0 radical (unpaired) electrons. The van der Waals surface area contributed by atoms with Crippen LogP contribution in [0, 0.1) is 34.0 Å². The van der Waals surface area contributed by atoms with Gasteiger partial charge in [-0.2, -0.15) is 0 Å². The lowest BCUT2D eigenvalue weighted by Gasteiger charge is -2.62. The maximum Gasteiger partial charge on any atom is 0.302 e. The van der Waals surface area contributed by atoms with Gasteiger partial charge in [-0.3, -0.25) is 4.79 Å². The molecule has 3 fully saturated rings. The standard InChI is InChI=1S/C25H38O2/c1-6-18-19-9-10-21-20(23(19,4)15-12-22(18)27-17(3)26)11-16-25(7-2)14-8-13-24(21,25)5/h7,10,18-20,22H,2,6,8-9,11-16H2,1,3-5H3/t18-,19?,20?,22+,23+,24-,25-/m1/s1. The first-order chi connectivity index (χ1) is 12.8. The van der Waals surface area contributed by atoms with Crippen LogP contribution in [0.5, 0.6) is 0 Å². The van der Waals surface area contributed by atoms with Gasteiger partial charge in [-0.1, -0.05) is 44.9 Å². The number of rotatable bonds is 3. The number of hydrogen-bond acceptors (Lipinski definition) is 2. The Hall–Kier alpha value is -1.05. The Labute approximate surface area is 165 Å². The van der Waals surface area contributed by atoms with Gasteiger partial charge in [0.2, 0.25) is 0 Å². The van der Waals surface area contributed by atoms with Crippen LogP contribution in [0.2, 0.25) is 0 Å². The summed E-state index contributed by atoms with van der Waals surface area (Å²) in [6.07, 6.45) is 16.2. The van der Waals surface area contributed by atoms with E-state index in [1.54, 1.807) is 12.5 Å². The first-order valence-electron chi connectivity index (χ1n) is 11.3. The van der Waals surface area contributed by atoms with Crippen molar-refractivity contribution < 1.29 is 9.53 Å². The van der Waals surface area contributed by atoms with E-state index in [-0.39, 0.29) is 12.1 Å². The number of allylic oxidation sites excluding steroid dienone is 3. The number of esters is 1. The van der Waals surface area contributed by atoms with Crippen molar-refractivity contribution in [1.82, 2.24) is 0 Å². The molecule has 150 valence electrons. The third-order valence-electron chi connectivity index (χ3n) is 9.67. The topological polar surface area (TPSA) is 26.3 Å². The fraction of sp³-hybridized carbons (Fsp3) is 0.800. The van der Waals surface area contributed by atoms with Crippen LogP contribution in [-0.2, 0) is 9.53 Å². The Balaban J connectivity index is 1.70. The van der Waals surface area contributed by atoms with Crippen LogP contribution >= 0.6 is 0 Å². The summed E-state index contributed by atoms with van der Waals surface area (Å²) < 4.78 is 5.77. The van der Waals surface area contributed by atoms with Crippen molar-refractivity contribution in [2.45, 2.75) is 91.6 Å². The van der Waals surface area contributed by atoms with E-state index >= 15 is 0 Å². The molecule has 4 aliphatic rings. The fourth-order valence-corrected chi connectivity index (χ4v) is 8.18. The Morgan fingerprint density at radius 2 is 2.04 bits per heavy atom. The van der Waals surface area contributed by atoms with Crippen LogP contribution in [0.3, 0.4) is 0 Å². The zero-order valence-electron chi connectivity index (χ0n) is 17.9. The van der Waals surface area contributed by atoms with Gasteiger partial charge < -0.3 is 4.74 Å². The second kappa shape index (κ2) is 6.49. The van der Waals surface area contributed by atoms with Crippen LogP contribution in [0.15, 0.2) is 24.3 Å². The summed E-state index contributed by atoms with van der Waals surface area (Å²) in [6, 6.07) is 0. The summed E-state index contributed by atoms with van der Waals surface area (Å²) in [5, 5.41) is 0. The minimum absolute atomic E-state index is 0.110. The van der Waals surface area contributed by atoms with Crippen molar-refractivity contribution in [2.75, 3.05) is 0 Å². The predicted octanol–water partition coefficient (Wildman–Crippen LogP) is 6.46. The SMILES string of the molecule is C=C[C@]12CCC[C@]1(C)C1=CCC3[C@@H](CC)[C@@H](OC(C)=O)CC[C@]3(C)C1CC2. The largest absolute Gasteiger partial charge is 0.462 e. The number of hydrogen-bond donors (Lipinski definition) is 0. The summed E-state index contributed by atoms with van der Waals surface area (Å²) >= 11 is 0. The molecule has 27 heavy (non-hydrogen) atoms. The number of fused-ring (bicyclic) bond motifs is 5. The summed E-state index contributed by atoms with van der Waals surface area (Å²) in [5.74, 6) is 1.75. The molecule has 0 N–H and O–H groups in total. The summed E-state index contributed by atoms with van der Waals surface area (Å²) in [7, 11) is 0. The highest BCUT2D eigenvalue weighted by molar-refractivity contribution is 5.66. The van der Waals surface area contributed by atoms with Gasteiger partial charge in [-0.05, 0) is 85.4 Å². The molecule has 2 nitrogen and oxygen atoms in total. The molecule has 4 rings (SSSR count). The highest BCUT2D eigenvalue weighted by atomic mass is 16.5. The minimum atomic E-state index is -0.110. The molecule has 0 aromatic carbocycles. The van der Waals surface area contributed by atoms with E-state index in [1.807, 2.05) is 0 Å². The molecule has 0 aromatic heterocycles. The molecule has 0 bridgehead atoms. The van der Waals surface area contributed by atoms with Crippen molar-refractivity contribution in [1.29, 1.82) is 0 Å². The van der Waals surface area contributed by atoms with Gasteiger partial charge in [-0.25, -0.2) is 0 Å². The zero-order chi connectivity index (χ0) is 19.4. The van der Waals surface area contributed by atoms with Crippen LogP contribution < -0.4 is 0 Å². The van der Waals surface area contributed by atoms with Gasteiger partial charge in [0.05, 0.1) is 0 Å². The van der Waals surface area contributed by atoms with E-state index in [2.05, 4.69) is 39.5 Å². The predicted molar refractivity (Wildman–Crippen MR) is 110 cm³/mol. The van der Waals surface area contributed by atoms with Gasteiger partial charge in [0.25, 0.3) is 0 Å². The second-order valence-electron chi connectivity index (χ2n) is 10.4. The third kappa shape index (κ3) is 2.54. The lowest BCUT2D eigenvalue weighted by molar-refractivity contribution is -0.160. The average Bonchev–Trinajstić information content (AvgIpc) is 2.99. The van der Waals surface area contributed by atoms with E-state index in [4.69, 9.17) is 4.74 Å². The summed E-state index contributed by atoms with van der Waals surface area (Å²) in [5.41, 5.74) is 2.78. The summed E-state index contributed by atoms with van der Waals surface area (Å²) in [6.45, 7) is 13.3. The number of carbonyl (C=O) groups excluding carboxylic acids is 1. The van der Waals surface area contributed by atoms with Crippen molar-refractivity contribution in [3.05, 3.63) is 24.3 Å². The molecule has 0 amide bonds. The molecule has 2 heteroatoms. The second-order valence-corrected chi connectivity index (χ2v) is 10.4. The summed E-state index contributed by atoms with van der Waals surface area (Å²) in [4.78, 5) is 11.6. The first kappa shape index (κ1) is 19.3. The van der Waals surface area contributed by atoms with E-state index in [0.717, 1.165) is 12.8 Å². The maximum absolute atomic E-state index is 11.6. The molecular weight excluding hydrogens is 332 g/mol. The van der Waals surface area contributed by atoms with Gasteiger partial charge in [-0.15, -0.1) is 6.58 Å². The molecule has 4 aliphatic carbocycles. The van der Waals surface area contributed by atoms with E-state index in [0.29, 0.717) is 34.0 Å². The van der Waals surface area contributed by atoms with Crippen LogP contribution in [0.25, 0.3) is 0 Å². The minimum Gasteiger partial charge on any atom is -0.462 e. The fourth-order valence-electron chi connectivity index (χ4n) is 8.18. The smallest absolute Gasteiger partial charge is 0.302 e. The molecule has 0 heterocycles. The Morgan fingerprint density at radius 3 is 2.70 bits per heavy atom. The van der Waals surface area contributed by atoms with E-state index in [9.17, 15) is 4.79 Å². The molecule has 0 spiro atoms. The molecule has 2 unspecified atom stereocenters. The zero-order valence-corrected chi connectivity index (χ0v) is 17.9. The molecule has 0 saturated heterocycles. The quantitative estimate of drug-likeness (QED) is 0.421. The highest BCUT2D eigenvalue weighted by Crippen LogP contribution is 2.70. The maximum atomic E-state index is 11.6. The number of carbonyl (C=O) groups is 1. The normalized spacial score (nSPS) is 48.7. The molecule has 3 saturated carbocycles. The van der Waals surface area contributed by atoms with Crippen LogP contribution in [0.1, 0.15) is 85.5 Å². The van der Waals surface area contributed by atoms with Gasteiger partial charge in [0.1, 0.15) is 6.10 Å². The Bertz CT molecular complexity index is 663. The molecule has 0 aliphatic heterocycles. The molecule has 7 atom stereocenters. The average molecular weight is 371 g/mol. The number of ether oxygens (including phenoxy) is 1. The van der Waals surface area contributed by atoms with Gasteiger partial charge in [0, 0.05) is 6.92 Å². The van der Waals surface area contributed by atoms with Crippen LogP contribution in [0.4, 0.5) is 0 Å². The lowest BCUT2D eigenvalue weighted by Crippen LogP contribution is -2.55. The Kier molecular flexibility index (Phi) is 4.63. The van der Waals surface area contributed by atoms with Gasteiger partial charge >= 0.3 is 5.97 Å². The van der Waals surface area contributed by atoms with Crippen molar-refractivity contribution in [3.8, 4) is 0 Å². The molecular formula is C25H38O2. The van der Waals surface area contributed by atoms with E-state index in [1.165, 1.54) is 44.9 Å². The third-order valence-corrected chi connectivity index (χ3v) is 9.67. The molecule has 0 aromatic rings. The van der Waals surface area contributed by atoms with Crippen LogP contribution in [-0.4, -0.2) is 12.1 Å². The van der Waals surface area contributed by atoms with Gasteiger partial charge in [0.15, 0.2) is 0 Å². The van der Waals surface area contributed by atoms with Crippen molar-refractivity contribution >= 4 is 5.97 Å². The first-order valence-corrected chi connectivity index (χ1v) is 11.3. The lowest BCUT2D eigenvalue weighted by atomic mass is 9.43. The highest BCUT2D eigenvalue weighted by Gasteiger charge is 2.62. The van der Waals surface area contributed by atoms with Crippen molar-refractivity contribution in [3.63, 3.8) is 0 Å². The van der Waals surface area contributed by atoms with Crippen molar-refractivity contribution in [2.24, 2.45) is 34.0 Å². The van der Waals surface area contributed by atoms with E-state index < -0.39 is 0 Å². The monoisotopic (exact) mass is 370 g/mol.